The number of pyridine rings is 1. The van der Waals surface area contributed by atoms with Crippen molar-refractivity contribution in [2.75, 3.05) is 13.2 Å². The van der Waals surface area contributed by atoms with Gasteiger partial charge in [0, 0.05) is 24.1 Å². The standard InChI is InChI=1S/C16H16F2N2O2/c17-13-8-19-9-14(18)11(13)7-20-16(10-21)5-6-22-15-4-2-1-3-12(15)16/h1-4,8-9,20-21H,5-7,10H2. The third-order valence-electron chi connectivity index (χ3n) is 4.01. The van der Waals surface area contributed by atoms with E-state index in [1.807, 2.05) is 24.3 Å². The Kier molecular flexibility index (Phi) is 4.04. The van der Waals surface area contributed by atoms with Crippen molar-refractivity contribution >= 4 is 0 Å². The highest BCUT2D eigenvalue weighted by Gasteiger charge is 2.37. The molecule has 2 heterocycles. The molecule has 1 atom stereocenters. The number of benzene rings is 1. The van der Waals surface area contributed by atoms with E-state index in [9.17, 15) is 13.9 Å². The van der Waals surface area contributed by atoms with Crippen molar-refractivity contribution in [1.29, 1.82) is 0 Å². The molecule has 6 heteroatoms. The lowest BCUT2D eigenvalue weighted by molar-refractivity contribution is 0.105. The zero-order valence-corrected chi connectivity index (χ0v) is 11.9. The van der Waals surface area contributed by atoms with Crippen LogP contribution in [-0.2, 0) is 12.1 Å². The minimum absolute atomic E-state index is 0.0465. The van der Waals surface area contributed by atoms with E-state index in [2.05, 4.69) is 10.3 Å². The van der Waals surface area contributed by atoms with Crippen LogP contribution in [0.1, 0.15) is 17.5 Å². The second-order valence-electron chi connectivity index (χ2n) is 5.27. The number of rotatable bonds is 4. The zero-order chi connectivity index (χ0) is 15.6. The predicted octanol–water partition coefficient (Wildman–Crippen LogP) is 2.12. The number of aromatic nitrogens is 1. The van der Waals surface area contributed by atoms with Crippen LogP contribution in [0.4, 0.5) is 8.78 Å². The van der Waals surface area contributed by atoms with Gasteiger partial charge in [-0.15, -0.1) is 0 Å². The van der Waals surface area contributed by atoms with Crippen LogP contribution >= 0.6 is 0 Å². The molecule has 1 aliphatic rings. The van der Waals surface area contributed by atoms with Gasteiger partial charge >= 0.3 is 0 Å². The lowest BCUT2D eigenvalue weighted by Gasteiger charge is -2.38. The van der Waals surface area contributed by atoms with Crippen LogP contribution in [-0.4, -0.2) is 23.3 Å². The van der Waals surface area contributed by atoms with Crippen LogP contribution in [0, 0.1) is 11.6 Å². The summed E-state index contributed by atoms with van der Waals surface area (Å²) < 4.78 is 33.0. The van der Waals surface area contributed by atoms with E-state index in [1.165, 1.54) is 0 Å². The van der Waals surface area contributed by atoms with Gasteiger partial charge in [0.15, 0.2) is 0 Å². The molecule has 1 aromatic carbocycles. The van der Waals surface area contributed by atoms with Gasteiger partial charge in [-0.2, -0.15) is 0 Å². The van der Waals surface area contributed by atoms with E-state index in [4.69, 9.17) is 4.74 Å². The first-order valence-corrected chi connectivity index (χ1v) is 7.02. The molecule has 4 nitrogen and oxygen atoms in total. The first-order valence-electron chi connectivity index (χ1n) is 7.02. The number of hydrogen-bond donors (Lipinski definition) is 2. The summed E-state index contributed by atoms with van der Waals surface area (Å²) in [6.07, 6.45) is 2.46. The quantitative estimate of drug-likeness (QED) is 0.908. The average molecular weight is 306 g/mol. The second kappa shape index (κ2) is 5.98. The maximum absolute atomic E-state index is 13.7. The molecular weight excluding hydrogens is 290 g/mol. The normalized spacial score (nSPS) is 20.3. The lowest BCUT2D eigenvalue weighted by Crippen LogP contribution is -2.48. The Morgan fingerprint density at radius 1 is 1.23 bits per heavy atom. The van der Waals surface area contributed by atoms with Crippen molar-refractivity contribution < 1.29 is 18.6 Å². The van der Waals surface area contributed by atoms with Gasteiger partial charge in [-0.25, -0.2) is 8.78 Å². The number of hydrogen-bond acceptors (Lipinski definition) is 4. The highest BCUT2D eigenvalue weighted by Crippen LogP contribution is 2.36. The monoisotopic (exact) mass is 306 g/mol. The molecule has 0 saturated carbocycles. The summed E-state index contributed by atoms with van der Waals surface area (Å²) in [7, 11) is 0. The molecule has 2 aromatic rings. The maximum atomic E-state index is 13.7. The highest BCUT2D eigenvalue weighted by atomic mass is 19.1. The minimum Gasteiger partial charge on any atom is -0.493 e. The first kappa shape index (κ1) is 14.9. The number of ether oxygens (including phenoxy) is 1. The largest absolute Gasteiger partial charge is 0.493 e. The van der Waals surface area contributed by atoms with Crippen molar-refractivity contribution in [3.05, 3.63) is 59.4 Å². The number of aliphatic hydroxyl groups excluding tert-OH is 1. The third kappa shape index (κ3) is 2.55. The summed E-state index contributed by atoms with van der Waals surface area (Å²) in [6.45, 7) is 0.183. The molecule has 22 heavy (non-hydrogen) atoms. The summed E-state index contributed by atoms with van der Waals surface area (Å²) in [6, 6.07) is 7.34. The van der Waals surface area contributed by atoms with E-state index in [0.29, 0.717) is 18.8 Å². The Labute approximate surface area is 126 Å². The fourth-order valence-electron chi connectivity index (χ4n) is 2.73. The van der Waals surface area contributed by atoms with Gasteiger partial charge in [-0.3, -0.25) is 4.98 Å². The Morgan fingerprint density at radius 3 is 2.68 bits per heavy atom. The highest BCUT2D eigenvalue weighted by molar-refractivity contribution is 5.41. The van der Waals surface area contributed by atoms with Gasteiger partial charge in [-0.1, -0.05) is 18.2 Å². The van der Waals surface area contributed by atoms with Crippen molar-refractivity contribution in [2.45, 2.75) is 18.5 Å². The number of halogens is 2. The van der Waals surface area contributed by atoms with Gasteiger partial charge in [0.25, 0.3) is 0 Å². The van der Waals surface area contributed by atoms with Gasteiger partial charge in [0.1, 0.15) is 17.4 Å². The van der Waals surface area contributed by atoms with Crippen LogP contribution in [0.5, 0.6) is 5.75 Å². The van der Waals surface area contributed by atoms with Crippen LogP contribution in [0.25, 0.3) is 0 Å². The van der Waals surface area contributed by atoms with Crippen LogP contribution < -0.4 is 10.1 Å². The summed E-state index contributed by atoms with van der Waals surface area (Å²) in [5, 5.41) is 13.0. The Morgan fingerprint density at radius 2 is 1.95 bits per heavy atom. The van der Waals surface area contributed by atoms with Gasteiger partial charge < -0.3 is 15.2 Å². The third-order valence-corrected chi connectivity index (χ3v) is 4.01. The average Bonchev–Trinajstić information content (AvgIpc) is 2.54. The molecule has 0 radical (unpaired) electrons. The van der Waals surface area contributed by atoms with E-state index >= 15 is 0 Å². The van der Waals surface area contributed by atoms with Gasteiger partial charge in [0.05, 0.1) is 31.1 Å². The van der Waals surface area contributed by atoms with Crippen molar-refractivity contribution in [3.63, 3.8) is 0 Å². The van der Waals surface area contributed by atoms with Gasteiger partial charge in [-0.05, 0) is 6.07 Å². The summed E-state index contributed by atoms with van der Waals surface area (Å²) >= 11 is 0. The van der Waals surface area contributed by atoms with E-state index in [0.717, 1.165) is 18.0 Å². The molecule has 0 aliphatic carbocycles. The number of nitrogens with zero attached hydrogens (tertiary/aromatic N) is 1. The Hall–Kier alpha value is -2.05. The SMILES string of the molecule is OCC1(NCc2c(F)cncc2F)CCOc2ccccc21. The fraction of sp³-hybridized carbons (Fsp3) is 0.312. The Bertz CT molecular complexity index is 661. The molecular formula is C16H16F2N2O2. The molecule has 3 rings (SSSR count). The molecule has 1 aromatic heterocycles. The predicted molar refractivity (Wildman–Crippen MR) is 76.3 cm³/mol. The van der Waals surface area contributed by atoms with Gasteiger partial charge in [0.2, 0.25) is 0 Å². The van der Waals surface area contributed by atoms with Crippen LogP contribution in [0.3, 0.4) is 0 Å². The minimum atomic E-state index is -0.781. The number of fused-ring (bicyclic) bond motifs is 1. The summed E-state index contributed by atoms with van der Waals surface area (Å²) in [5.74, 6) is -0.743. The van der Waals surface area contributed by atoms with Crippen LogP contribution in [0.15, 0.2) is 36.7 Å². The smallest absolute Gasteiger partial charge is 0.148 e. The molecule has 116 valence electrons. The fourth-order valence-corrected chi connectivity index (χ4v) is 2.73. The molecule has 0 amide bonds. The number of aliphatic hydroxyl groups is 1. The maximum Gasteiger partial charge on any atom is 0.148 e. The zero-order valence-electron chi connectivity index (χ0n) is 11.9. The molecule has 2 N–H and O–H groups in total. The van der Waals surface area contributed by atoms with Crippen LogP contribution in [0.2, 0.25) is 0 Å². The second-order valence-corrected chi connectivity index (χ2v) is 5.27. The number of nitrogens with one attached hydrogen (secondary N) is 1. The van der Waals surface area contributed by atoms with Crippen molar-refractivity contribution in [3.8, 4) is 5.75 Å². The molecule has 0 bridgehead atoms. The molecule has 1 aliphatic heterocycles. The topological polar surface area (TPSA) is 54.4 Å². The summed E-state index contributed by atoms with van der Waals surface area (Å²) in [5.41, 5.74) is -0.0813. The lowest BCUT2D eigenvalue weighted by atomic mass is 9.85. The molecule has 0 spiro atoms. The number of para-hydroxylation sites is 1. The first-order chi connectivity index (χ1) is 10.7. The molecule has 0 saturated heterocycles. The van der Waals surface area contributed by atoms with E-state index in [-0.39, 0.29) is 18.7 Å². The molecule has 1 unspecified atom stereocenters. The summed E-state index contributed by atoms with van der Waals surface area (Å²) in [4.78, 5) is 3.47. The van der Waals surface area contributed by atoms with Crippen molar-refractivity contribution in [2.24, 2.45) is 0 Å². The van der Waals surface area contributed by atoms with E-state index < -0.39 is 17.2 Å². The van der Waals surface area contributed by atoms with Crippen molar-refractivity contribution in [1.82, 2.24) is 10.3 Å². The molecule has 0 fully saturated rings. The Balaban J connectivity index is 1.90. The van der Waals surface area contributed by atoms with E-state index in [1.54, 1.807) is 0 Å².